The molecule has 2 aromatic rings. The van der Waals surface area contributed by atoms with Crippen LogP contribution in [-0.4, -0.2) is 46.7 Å². The minimum atomic E-state index is 0.265. The van der Waals surface area contributed by atoms with Crippen molar-refractivity contribution in [1.82, 2.24) is 19.5 Å². The monoisotopic (exact) mass is 322 g/mol. The first-order chi connectivity index (χ1) is 10.5. The molecule has 0 bridgehead atoms. The van der Waals surface area contributed by atoms with E-state index in [-0.39, 0.29) is 5.92 Å². The molecule has 0 aromatic carbocycles. The second kappa shape index (κ2) is 6.20. The lowest BCUT2D eigenvalue weighted by atomic mass is 9.98. The molecule has 1 saturated heterocycles. The Labute approximate surface area is 134 Å². The summed E-state index contributed by atoms with van der Waals surface area (Å²) in [5, 5.41) is 5.01. The van der Waals surface area contributed by atoms with E-state index in [1.165, 1.54) is 11.5 Å². The van der Waals surface area contributed by atoms with Gasteiger partial charge in [0.05, 0.1) is 5.92 Å². The average Bonchev–Trinajstić information content (AvgIpc) is 3.17. The standard InChI is InChI=1S/C14H22N6OS/c1-9(2)11-15-14(22-18-11)20-7-5-6-10(8-20)12-16-13(17-21-12)19(3)4/h9-10H,5-8H2,1-4H3. The fourth-order valence-corrected chi connectivity index (χ4v) is 3.36. The summed E-state index contributed by atoms with van der Waals surface area (Å²) in [5.41, 5.74) is 0. The smallest absolute Gasteiger partial charge is 0.265 e. The van der Waals surface area contributed by atoms with Crippen LogP contribution in [0.2, 0.25) is 0 Å². The van der Waals surface area contributed by atoms with E-state index >= 15 is 0 Å². The Kier molecular flexibility index (Phi) is 4.28. The number of aromatic nitrogens is 4. The van der Waals surface area contributed by atoms with Crippen molar-refractivity contribution in [2.24, 2.45) is 0 Å². The third-order valence-electron chi connectivity index (χ3n) is 3.82. The van der Waals surface area contributed by atoms with Crippen molar-refractivity contribution < 1.29 is 4.52 Å². The molecule has 8 heteroatoms. The van der Waals surface area contributed by atoms with Gasteiger partial charge in [0.2, 0.25) is 11.0 Å². The fourth-order valence-electron chi connectivity index (χ4n) is 2.52. The molecular formula is C14H22N6OS. The van der Waals surface area contributed by atoms with Crippen molar-refractivity contribution >= 4 is 22.6 Å². The van der Waals surface area contributed by atoms with E-state index in [0.29, 0.717) is 11.9 Å². The van der Waals surface area contributed by atoms with Crippen LogP contribution in [0.4, 0.5) is 11.1 Å². The van der Waals surface area contributed by atoms with Crippen LogP contribution in [0.5, 0.6) is 0 Å². The summed E-state index contributed by atoms with van der Waals surface area (Å²) in [7, 11) is 3.83. The highest BCUT2D eigenvalue weighted by Crippen LogP contribution is 2.31. The lowest BCUT2D eigenvalue weighted by Crippen LogP contribution is -2.34. The Bertz CT molecular complexity index is 570. The van der Waals surface area contributed by atoms with Crippen LogP contribution in [0.25, 0.3) is 0 Å². The summed E-state index contributed by atoms with van der Waals surface area (Å²) in [5.74, 6) is 2.91. The number of anilines is 2. The minimum Gasteiger partial charge on any atom is -0.346 e. The molecule has 0 radical (unpaired) electrons. The van der Waals surface area contributed by atoms with E-state index in [1.807, 2.05) is 19.0 Å². The molecule has 120 valence electrons. The largest absolute Gasteiger partial charge is 0.346 e. The molecule has 1 fully saturated rings. The summed E-state index contributed by atoms with van der Waals surface area (Å²) in [4.78, 5) is 13.3. The van der Waals surface area contributed by atoms with Gasteiger partial charge in [-0.2, -0.15) is 9.36 Å². The van der Waals surface area contributed by atoms with Gasteiger partial charge >= 0.3 is 0 Å². The van der Waals surface area contributed by atoms with Crippen LogP contribution in [0.3, 0.4) is 0 Å². The molecule has 0 N–H and O–H groups in total. The molecular weight excluding hydrogens is 300 g/mol. The second-order valence-electron chi connectivity index (χ2n) is 6.20. The van der Waals surface area contributed by atoms with Crippen molar-refractivity contribution in [2.45, 2.75) is 38.5 Å². The van der Waals surface area contributed by atoms with Gasteiger partial charge in [0.1, 0.15) is 5.82 Å². The highest BCUT2D eigenvalue weighted by Gasteiger charge is 2.28. The highest BCUT2D eigenvalue weighted by molar-refractivity contribution is 7.09. The predicted octanol–water partition coefficient (Wildman–Crippen LogP) is 2.49. The van der Waals surface area contributed by atoms with E-state index in [1.54, 1.807) is 0 Å². The third kappa shape index (κ3) is 3.06. The zero-order valence-electron chi connectivity index (χ0n) is 13.5. The molecule has 0 saturated carbocycles. The summed E-state index contributed by atoms with van der Waals surface area (Å²) in [6.45, 7) is 6.11. The molecule has 3 rings (SSSR count). The maximum atomic E-state index is 5.43. The lowest BCUT2D eigenvalue weighted by Gasteiger charge is -2.30. The van der Waals surface area contributed by atoms with Crippen molar-refractivity contribution in [2.75, 3.05) is 37.0 Å². The number of hydrogen-bond acceptors (Lipinski definition) is 8. The summed E-state index contributed by atoms with van der Waals surface area (Å²) in [6, 6.07) is 0. The van der Waals surface area contributed by atoms with Crippen molar-refractivity contribution in [3.05, 3.63) is 11.7 Å². The molecule has 1 atom stereocenters. The van der Waals surface area contributed by atoms with Gasteiger partial charge in [-0.3, -0.25) is 0 Å². The van der Waals surface area contributed by atoms with Gasteiger partial charge in [-0.15, -0.1) is 0 Å². The summed E-state index contributed by atoms with van der Waals surface area (Å²) < 4.78 is 9.88. The second-order valence-corrected chi connectivity index (χ2v) is 6.93. The fraction of sp³-hybridized carbons (Fsp3) is 0.714. The Hall–Kier alpha value is -1.70. The van der Waals surface area contributed by atoms with Crippen LogP contribution < -0.4 is 9.80 Å². The zero-order valence-corrected chi connectivity index (χ0v) is 14.3. The lowest BCUT2D eigenvalue weighted by molar-refractivity contribution is 0.333. The van der Waals surface area contributed by atoms with Crippen molar-refractivity contribution in [3.8, 4) is 0 Å². The molecule has 0 aliphatic carbocycles. The van der Waals surface area contributed by atoms with Gasteiger partial charge in [0.25, 0.3) is 5.95 Å². The van der Waals surface area contributed by atoms with Gasteiger partial charge in [0, 0.05) is 44.6 Å². The van der Waals surface area contributed by atoms with E-state index < -0.39 is 0 Å². The van der Waals surface area contributed by atoms with Crippen LogP contribution in [-0.2, 0) is 0 Å². The van der Waals surface area contributed by atoms with Gasteiger partial charge in [-0.05, 0) is 18.0 Å². The molecule has 1 unspecified atom stereocenters. The molecule has 0 amide bonds. The number of nitrogens with zero attached hydrogens (tertiary/aromatic N) is 6. The minimum absolute atomic E-state index is 0.265. The molecule has 1 aliphatic heterocycles. The van der Waals surface area contributed by atoms with Crippen LogP contribution in [0.15, 0.2) is 4.52 Å². The van der Waals surface area contributed by atoms with Crippen LogP contribution >= 0.6 is 11.5 Å². The van der Waals surface area contributed by atoms with Gasteiger partial charge < -0.3 is 14.3 Å². The average molecular weight is 322 g/mol. The number of rotatable bonds is 4. The molecule has 22 heavy (non-hydrogen) atoms. The van der Waals surface area contributed by atoms with Crippen LogP contribution in [0, 0.1) is 0 Å². The van der Waals surface area contributed by atoms with Gasteiger partial charge in [-0.1, -0.05) is 13.8 Å². The van der Waals surface area contributed by atoms with E-state index in [0.717, 1.165) is 42.8 Å². The molecule has 2 aromatic heterocycles. The normalized spacial score (nSPS) is 19.0. The quantitative estimate of drug-likeness (QED) is 0.856. The van der Waals surface area contributed by atoms with Crippen molar-refractivity contribution in [1.29, 1.82) is 0 Å². The molecule has 1 aliphatic rings. The van der Waals surface area contributed by atoms with Gasteiger partial charge in [-0.25, -0.2) is 4.98 Å². The van der Waals surface area contributed by atoms with E-state index in [9.17, 15) is 0 Å². The Morgan fingerprint density at radius 1 is 1.32 bits per heavy atom. The summed E-state index contributed by atoms with van der Waals surface area (Å²) in [6.07, 6.45) is 2.17. The van der Waals surface area contributed by atoms with Crippen molar-refractivity contribution in [3.63, 3.8) is 0 Å². The predicted molar refractivity (Wildman–Crippen MR) is 86.8 cm³/mol. The Morgan fingerprint density at radius 3 is 2.77 bits per heavy atom. The maximum absolute atomic E-state index is 5.43. The Morgan fingerprint density at radius 2 is 2.14 bits per heavy atom. The number of hydrogen-bond donors (Lipinski definition) is 0. The van der Waals surface area contributed by atoms with Crippen LogP contribution in [0.1, 0.15) is 50.2 Å². The highest BCUT2D eigenvalue weighted by atomic mass is 32.1. The Balaban J connectivity index is 1.72. The molecule has 3 heterocycles. The van der Waals surface area contributed by atoms with E-state index in [2.05, 4.69) is 38.2 Å². The zero-order chi connectivity index (χ0) is 15.7. The van der Waals surface area contributed by atoms with E-state index in [4.69, 9.17) is 4.52 Å². The molecule has 7 nitrogen and oxygen atoms in total. The first kappa shape index (κ1) is 15.2. The maximum Gasteiger partial charge on any atom is 0.265 e. The summed E-state index contributed by atoms with van der Waals surface area (Å²) >= 11 is 1.48. The third-order valence-corrected chi connectivity index (χ3v) is 4.61. The molecule has 0 spiro atoms. The van der Waals surface area contributed by atoms with Gasteiger partial charge in [0.15, 0.2) is 0 Å². The topological polar surface area (TPSA) is 71.2 Å². The first-order valence-electron chi connectivity index (χ1n) is 7.64. The number of piperidine rings is 1. The first-order valence-corrected chi connectivity index (χ1v) is 8.41. The SMILES string of the molecule is CC(C)c1nsc(N2CCCC(c3nc(N(C)C)no3)C2)n1.